The van der Waals surface area contributed by atoms with E-state index in [9.17, 15) is 4.79 Å². The van der Waals surface area contributed by atoms with Crippen LogP contribution in [0.25, 0.3) is 0 Å². The van der Waals surface area contributed by atoms with E-state index in [2.05, 4.69) is 15.9 Å². The minimum atomic E-state index is -0.279. The zero-order chi connectivity index (χ0) is 8.43. The van der Waals surface area contributed by atoms with E-state index in [0.29, 0.717) is 6.42 Å². The smallest absolute Gasteiger partial charge is 0.221 e. The molecule has 0 atom stereocenters. The molecule has 0 aromatic carbocycles. The molecule has 4 heteroatoms. The average Bonchev–Trinajstić information content (AvgIpc) is 2.09. The predicted octanol–water partition coefficient (Wildman–Crippen LogP) is 1.85. The number of hydrogen-bond acceptors (Lipinski definition) is 2. The number of halogens is 1. The highest BCUT2D eigenvalue weighted by atomic mass is 79.9. The SMILES string of the molecule is Cc1sc(Br)cc1CC(N)=O. The van der Waals surface area contributed by atoms with Crippen LogP contribution in [0.15, 0.2) is 9.85 Å². The first kappa shape index (κ1) is 8.74. The Bertz CT molecular complexity index is 282. The summed E-state index contributed by atoms with van der Waals surface area (Å²) in [6.45, 7) is 1.98. The van der Waals surface area contributed by atoms with Crippen molar-refractivity contribution in [3.63, 3.8) is 0 Å². The third-order valence-electron chi connectivity index (χ3n) is 1.36. The van der Waals surface area contributed by atoms with Gasteiger partial charge in [-0.25, -0.2) is 0 Å². The molecule has 1 amide bonds. The fourth-order valence-corrected chi connectivity index (χ4v) is 2.60. The Morgan fingerprint density at radius 2 is 2.45 bits per heavy atom. The molecule has 60 valence electrons. The van der Waals surface area contributed by atoms with Gasteiger partial charge in [0.2, 0.25) is 5.91 Å². The highest BCUT2D eigenvalue weighted by Crippen LogP contribution is 2.26. The van der Waals surface area contributed by atoms with E-state index in [0.717, 1.165) is 14.2 Å². The summed E-state index contributed by atoms with van der Waals surface area (Å²) in [6.07, 6.45) is 0.341. The molecule has 0 spiro atoms. The molecule has 1 rings (SSSR count). The van der Waals surface area contributed by atoms with Crippen molar-refractivity contribution >= 4 is 33.2 Å². The van der Waals surface area contributed by atoms with Crippen LogP contribution >= 0.6 is 27.3 Å². The van der Waals surface area contributed by atoms with Crippen molar-refractivity contribution in [1.29, 1.82) is 0 Å². The molecule has 2 nitrogen and oxygen atoms in total. The lowest BCUT2D eigenvalue weighted by Crippen LogP contribution is -2.13. The molecule has 0 unspecified atom stereocenters. The second-order valence-corrected chi connectivity index (χ2v) is 4.91. The number of carbonyl (C=O) groups excluding carboxylic acids is 1. The van der Waals surface area contributed by atoms with Crippen molar-refractivity contribution in [2.24, 2.45) is 5.73 Å². The Morgan fingerprint density at radius 3 is 2.82 bits per heavy atom. The summed E-state index contributed by atoms with van der Waals surface area (Å²) in [7, 11) is 0. The van der Waals surface area contributed by atoms with Gasteiger partial charge in [0.05, 0.1) is 10.2 Å². The van der Waals surface area contributed by atoms with Gasteiger partial charge in [-0.05, 0) is 34.5 Å². The molecule has 0 aliphatic rings. The second-order valence-electron chi connectivity index (χ2n) is 2.28. The number of hydrogen-bond donors (Lipinski definition) is 1. The third kappa shape index (κ3) is 2.31. The number of thiophene rings is 1. The molecular formula is C7H8BrNOS. The number of nitrogens with two attached hydrogens (primary N) is 1. The molecule has 1 heterocycles. The quantitative estimate of drug-likeness (QED) is 0.833. The van der Waals surface area contributed by atoms with Crippen LogP contribution in [0.2, 0.25) is 0 Å². The molecule has 0 fully saturated rings. The predicted molar refractivity (Wildman–Crippen MR) is 49.7 cm³/mol. The van der Waals surface area contributed by atoms with Crippen LogP contribution in [0.3, 0.4) is 0 Å². The molecule has 11 heavy (non-hydrogen) atoms. The van der Waals surface area contributed by atoms with Crippen LogP contribution in [0, 0.1) is 6.92 Å². The number of aryl methyl sites for hydroxylation is 1. The molecule has 0 bridgehead atoms. The highest BCUT2D eigenvalue weighted by molar-refractivity contribution is 9.11. The fourth-order valence-electron chi connectivity index (χ4n) is 0.843. The van der Waals surface area contributed by atoms with Gasteiger partial charge in [0.25, 0.3) is 0 Å². The molecule has 1 aromatic heterocycles. The monoisotopic (exact) mass is 233 g/mol. The van der Waals surface area contributed by atoms with Gasteiger partial charge in [-0.1, -0.05) is 0 Å². The van der Waals surface area contributed by atoms with E-state index in [4.69, 9.17) is 5.73 Å². The highest BCUT2D eigenvalue weighted by Gasteiger charge is 2.05. The number of carbonyl (C=O) groups is 1. The van der Waals surface area contributed by atoms with Crippen molar-refractivity contribution in [3.8, 4) is 0 Å². The molecule has 0 aliphatic carbocycles. The first-order valence-electron chi connectivity index (χ1n) is 3.12. The topological polar surface area (TPSA) is 43.1 Å². The summed E-state index contributed by atoms with van der Waals surface area (Å²) in [6, 6.07) is 1.94. The van der Waals surface area contributed by atoms with E-state index in [-0.39, 0.29) is 5.91 Å². The number of primary amides is 1. The summed E-state index contributed by atoms with van der Waals surface area (Å²) in [5.41, 5.74) is 6.08. The fraction of sp³-hybridized carbons (Fsp3) is 0.286. The number of rotatable bonds is 2. The van der Waals surface area contributed by atoms with Crippen molar-refractivity contribution < 1.29 is 4.79 Å². The zero-order valence-electron chi connectivity index (χ0n) is 6.06. The van der Waals surface area contributed by atoms with Crippen LogP contribution in [-0.2, 0) is 11.2 Å². The van der Waals surface area contributed by atoms with Crippen molar-refractivity contribution in [3.05, 3.63) is 20.3 Å². The van der Waals surface area contributed by atoms with Crippen molar-refractivity contribution in [2.45, 2.75) is 13.3 Å². The molecule has 0 saturated heterocycles. The van der Waals surface area contributed by atoms with Gasteiger partial charge in [0.1, 0.15) is 0 Å². The van der Waals surface area contributed by atoms with Gasteiger partial charge in [0, 0.05) is 4.88 Å². The second kappa shape index (κ2) is 3.36. The molecule has 2 N–H and O–H groups in total. The Kier molecular flexibility index (Phi) is 2.67. The van der Waals surface area contributed by atoms with Gasteiger partial charge in [0.15, 0.2) is 0 Å². The summed E-state index contributed by atoms with van der Waals surface area (Å²) in [5, 5.41) is 0. The Morgan fingerprint density at radius 1 is 1.82 bits per heavy atom. The maximum atomic E-state index is 10.5. The lowest BCUT2D eigenvalue weighted by Gasteiger charge is -1.92. The Labute approximate surface area is 77.5 Å². The van der Waals surface area contributed by atoms with Gasteiger partial charge in [-0.3, -0.25) is 4.79 Å². The number of amides is 1. The lowest BCUT2D eigenvalue weighted by molar-refractivity contribution is -0.117. The zero-order valence-corrected chi connectivity index (χ0v) is 8.46. The van der Waals surface area contributed by atoms with E-state index in [1.807, 2.05) is 13.0 Å². The summed E-state index contributed by atoms with van der Waals surface area (Å²) in [5.74, 6) is -0.279. The van der Waals surface area contributed by atoms with E-state index >= 15 is 0 Å². The average molecular weight is 234 g/mol. The molecule has 0 saturated carbocycles. The maximum Gasteiger partial charge on any atom is 0.221 e. The van der Waals surface area contributed by atoms with E-state index < -0.39 is 0 Å². The van der Waals surface area contributed by atoms with Gasteiger partial charge in [-0.15, -0.1) is 11.3 Å². The lowest BCUT2D eigenvalue weighted by atomic mass is 10.2. The minimum Gasteiger partial charge on any atom is -0.369 e. The minimum absolute atomic E-state index is 0.279. The van der Waals surface area contributed by atoms with Crippen molar-refractivity contribution in [1.82, 2.24) is 0 Å². The largest absolute Gasteiger partial charge is 0.369 e. The standard InChI is InChI=1S/C7H8BrNOS/c1-4-5(3-7(9)10)2-6(8)11-4/h2H,3H2,1H3,(H2,9,10). The molecule has 0 aliphatic heterocycles. The van der Waals surface area contributed by atoms with Crippen LogP contribution in [0.5, 0.6) is 0 Å². The van der Waals surface area contributed by atoms with E-state index in [1.165, 1.54) is 0 Å². The summed E-state index contributed by atoms with van der Waals surface area (Å²) in [4.78, 5) is 11.7. The third-order valence-corrected chi connectivity index (χ3v) is 2.95. The van der Waals surface area contributed by atoms with Crippen LogP contribution in [-0.4, -0.2) is 5.91 Å². The molecular weight excluding hydrogens is 226 g/mol. The Hall–Kier alpha value is -0.350. The van der Waals surface area contributed by atoms with Gasteiger partial charge < -0.3 is 5.73 Å². The van der Waals surface area contributed by atoms with Crippen molar-refractivity contribution in [2.75, 3.05) is 0 Å². The first-order valence-corrected chi connectivity index (χ1v) is 4.73. The van der Waals surface area contributed by atoms with Crippen LogP contribution in [0.4, 0.5) is 0 Å². The normalized spacial score (nSPS) is 10.0. The first-order chi connectivity index (χ1) is 5.09. The summed E-state index contributed by atoms with van der Waals surface area (Å²) >= 11 is 4.96. The van der Waals surface area contributed by atoms with E-state index in [1.54, 1.807) is 11.3 Å². The van der Waals surface area contributed by atoms with Crippen LogP contribution in [0.1, 0.15) is 10.4 Å². The maximum absolute atomic E-state index is 10.5. The van der Waals surface area contributed by atoms with Crippen LogP contribution < -0.4 is 5.73 Å². The van der Waals surface area contributed by atoms with Gasteiger partial charge in [-0.2, -0.15) is 0 Å². The summed E-state index contributed by atoms with van der Waals surface area (Å²) < 4.78 is 1.05. The molecule has 1 aromatic rings. The van der Waals surface area contributed by atoms with Gasteiger partial charge >= 0.3 is 0 Å². The Balaban J connectivity index is 2.85. The molecule has 0 radical (unpaired) electrons.